The second-order valence-corrected chi connectivity index (χ2v) is 2.82. The number of nitrogens with zero attached hydrogens (tertiary/aromatic N) is 1. The standard InChI is InChI=1S/C8H13NO3/c1-12-8(11)4-6-2-3-7(5-10)9-6/h7,10H,2-5H2,1H3. The van der Waals surface area contributed by atoms with Crippen molar-refractivity contribution in [2.24, 2.45) is 4.99 Å². The minimum Gasteiger partial charge on any atom is -0.469 e. The first kappa shape index (κ1) is 9.19. The number of aliphatic hydroxyl groups excluding tert-OH is 1. The number of carbonyl (C=O) groups excluding carboxylic acids is 1. The third-order valence-electron chi connectivity index (χ3n) is 1.92. The summed E-state index contributed by atoms with van der Waals surface area (Å²) in [5.41, 5.74) is 0.848. The van der Waals surface area contributed by atoms with E-state index in [0.717, 1.165) is 18.6 Å². The van der Waals surface area contributed by atoms with Crippen molar-refractivity contribution in [3.8, 4) is 0 Å². The fraction of sp³-hybridized carbons (Fsp3) is 0.750. The number of methoxy groups -OCH3 is 1. The van der Waals surface area contributed by atoms with Crippen LogP contribution >= 0.6 is 0 Å². The average Bonchev–Trinajstić information content (AvgIpc) is 2.52. The van der Waals surface area contributed by atoms with Gasteiger partial charge in [0, 0.05) is 5.71 Å². The number of carbonyl (C=O) groups is 1. The van der Waals surface area contributed by atoms with E-state index < -0.39 is 0 Å². The van der Waals surface area contributed by atoms with Gasteiger partial charge < -0.3 is 9.84 Å². The third-order valence-corrected chi connectivity index (χ3v) is 1.92. The molecule has 1 aliphatic heterocycles. The van der Waals surface area contributed by atoms with E-state index in [-0.39, 0.29) is 25.0 Å². The fourth-order valence-electron chi connectivity index (χ4n) is 1.23. The van der Waals surface area contributed by atoms with Crippen LogP contribution in [0.15, 0.2) is 4.99 Å². The zero-order valence-corrected chi connectivity index (χ0v) is 7.12. The molecule has 4 heteroatoms. The summed E-state index contributed by atoms with van der Waals surface area (Å²) in [6.07, 6.45) is 1.93. The first-order valence-corrected chi connectivity index (χ1v) is 3.99. The van der Waals surface area contributed by atoms with Crippen LogP contribution in [0.1, 0.15) is 19.3 Å². The Balaban J connectivity index is 2.39. The molecule has 0 aromatic heterocycles. The molecular formula is C8H13NO3. The van der Waals surface area contributed by atoms with Gasteiger partial charge >= 0.3 is 5.97 Å². The van der Waals surface area contributed by atoms with Gasteiger partial charge in [-0.15, -0.1) is 0 Å². The number of rotatable bonds is 3. The maximum atomic E-state index is 10.8. The van der Waals surface area contributed by atoms with Gasteiger partial charge in [0.1, 0.15) is 0 Å². The zero-order chi connectivity index (χ0) is 8.97. The Morgan fingerprint density at radius 3 is 3.08 bits per heavy atom. The lowest BCUT2D eigenvalue weighted by atomic mass is 10.1. The van der Waals surface area contributed by atoms with E-state index in [1.807, 2.05) is 0 Å². The largest absolute Gasteiger partial charge is 0.469 e. The van der Waals surface area contributed by atoms with Crippen LogP contribution in [0.3, 0.4) is 0 Å². The Morgan fingerprint density at radius 1 is 1.83 bits per heavy atom. The highest BCUT2D eigenvalue weighted by Gasteiger charge is 2.18. The molecule has 68 valence electrons. The van der Waals surface area contributed by atoms with Gasteiger partial charge in [0.15, 0.2) is 0 Å². The summed E-state index contributed by atoms with van der Waals surface area (Å²) < 4.78 is 4.50. The molecule has 0 radical (unpaired) electrons. The smallest absolute Gasteiger partial charge is 0.311 e. The quantitative estimate of drug-likeness (QED) is 0.615. The van der Waals surface area contributed by atoms with Gasteiger partial charge in [0.05, 0.1) is 26.2 Å². The SMILES string of the molecule is COC(=O)CC1=NC(CO)CC1. The van der Waals surface area contributed by atoms with Crippen LogP contribution in [0.2, 0.25) is 0 Å². The van der Waals surface area contributed by atoms with E-state index in [4.69, 9.17) is 5.11 Å². The maximum Gasteiger partial charge on any atom is 0.311 e. The van der Waals surface area contributed by atoms with Crippen molar-refractivity contribution in [3.63, 3.8) is 0 Å². The van der Waals surface area contributed by atoms with Crippen LogP contribution in [0, 0.1) is 0 Å². The lowest BCUT2D eigenvalue weighted by Crippen LogP contribution is -2.07. The molecule has 0 spiro atoms. The van der Waals surface area contributed by atoms with Gasteiger partial charge in [0.2, 0.25) is 0 Å². The van der Waals surface area contributed by atoms with Crippen LogP contribution in [-0.4, -0.2) is 36.5 Å². The molecule has 12 heavy (non-hydrogen) atoms. The Labute approximate surface area is 71.3 Å². The maximum absolute atomic E-state index is 10.8. The summed E-state index contributed by atoms with van der Waals surface area (Å²) in [5.74, 6) is -0.257. The molecule has 0 bridgehead atoms. The van der Waals surface area contributed by atoms with Crippen LogP contribution in [0.25, 0.3) is 0 Å². The van der Waals surface area contributed by atoms with E-state index in [1.54, 1.807) is 0 Å². The van der Waals surface area contributed by atoms with E-state index in [1.165, 1.54) is 7.11 Å². The lowest BCUT2D eigenvalue weighted by molar-refractivity contribution is -0.139. The highest BCUT2D eigenvalue weighted by atomic mass is 16.5. The normalized spacial score (nSPS) is 22.2. The van der Waals surface area contributed by atoms with Crippen LogP contribution in [0.5, 0.6) is 0 Å². The van der Waals surface area contributed by atoms with Crippen molar-refractivity contribution >= 4 is 11.7 Å². The van der Waals surface area contributed by atoms with Crippen molar-refractivity contribution in [3.05, 3.63) is 0 Å². The Morgan fingerprint density at radius 2 is 2.58 bits per heavy atom. The van der Waals surface area contributed by atoms with Gasteiger partial charge in [-0.2, -0.15) is 0 Å². The van der Waals surface area contributed by atoms with Crippen LogP contribution in [0.4, 0.5) is 0 Å². The number of aliphatic hydroxyl groups is 1. The van der Waals surface area contributed by atoms with Gasteiger partial charge in [-0.3, -0.25) is 9.79 Å². The second-order valence-electron chi connectivity index (χ2n) is 2.82. The summed E-state index contributed by atoms with van der Waals surface area (Å²) in [5, 5.41) is 8.75. The van der Waals surface area contributed by atoms with Gasteiger partial charge in [-0.1, -0.05) is 0 Å². The minimum atomic E-state index is -0.257. The molecule has 0 aromatic carbocycles. The number of hydrogen-bond donors (Lipinski definition) is 1. The van der Waals surface area contributed by atoms with Crippen molar-refractivity contribution in [1.82, 2.24) is 0 Å². The highest BCUT2D eigenvalue weighted by Crippen LogP contribution is 2.14. The fourth-order valence-corrected chi connectivity index (χ4v) is 1.23. The molecule has 1 rings (SSSR count). The molecule has 1 atom stereocenters. The van der Waals surface area contributed by atoms with Crippen molar-refractivity contribution in [1.29, 1.82) is 0 Å². The molecule has 0 aliphatic carbocycles. The summed E-state index contributed by atoms with van der Waals surface area (Å²) in [6.45, 7) is 0.0741. The summed E-state index contributed by atoms with van der Waals surface area (Å²) in [6, 6.07) is 0.00431. The molecule has 1 unspecified atom stereocenters. The molecule has 1 aliphatic rings. The lowest BCUT2D eigenvalue weighted by Gasteiger charge is -1.97. The van der Waals surface area contributed by atoms with Gasteiger partial charge in [-0.05, 0) is 12.8 Å². The molecule has 1 heterocycles. The number of aliphatic imine (C=N–C) groups is 1. The van der Waals surface area contributed by atoms with Gasteiger partial charge in [-0.25, -0.2) is 0 Å². The van der Waals surface area contributed by atoms with E-state index in [0.29, 0.717) is 0 Å². The Hall–Kier alpha value is -0.900. The molecular weight excluding hydrogens is 158 g/mol. The number of hydrogen-bond acceptors (Lipinski definition) is 4. The number of ether oxygens (including phenoxy) is 1. The minimum absolute atomic E-state index is 0.00431. The zero-order valence-electron chi connectivity index (χ0n) is 7.12. The van der Waals surface area contributed by atoms with Crippen LogP contribution in [-0.2, 0) is 9.53 Å². The summed E-state index contributed by atoms with van der Waals surface area (Å²) in [7, 11) is 1.36. The van der Waals surface area contributed by atoms with Gasteiger partial charge in [0.25, 0.3) is 0 Å². The van der Waals surface area contributed by atoms with E-state index in [2.05, 4.69) is 9.73 Å². The van der Waals surface area contributed by atoms with Crippen molar-refractivity contribution in [2.75, 3.05) is 13.7 Å². The summed E-state index contributed by atoms with van der Waals surface area (Å²) in [4.78, 5) is 15.0. The molecule has 0 fully saturated rings. The summed E-state index contributed by atoms with van der Waals surface area (Å²) >= 11 is 0. The second kappa shape index (κ2) is 4.21. The first-order valence-electron chi connectivity index (χ1n) is 3.99. The van der Waals surface area contributed by atoms with Crippen molar-refractivity contribution in [2.45, 2.75) is 25.3 Å². The Kier molecular flexibility index (Phi) is 3.22. The monoisotopic (exact) mass is 171 g/mol. The molecule has 0 saturated carbocycles. The molecule has 1 N–H and O–H groups in total. The average molecular weight is 171 g/mol. The topological polar surface area (TPSA) is 58.9 Å². The number of esters is 1. The predicted molar refractivity (Wildman–Crippen MR) is 44.2 cm³/mol. The predicted octanol–water partition coefficient (Wildman–Crippen LogP) is 0.145. The van der Waals surface area contributed by atoms with Crippen LogP contribution < -0.4 is 0 Å². The molecule has 0 amide bonds. The highest BCUT2D eigenvalue weighted by molar-refractivity contribution is 5.99. The third kappa shape index (κ3) is 2.30. The molecule has 0 saturated heterocycles. The first-order chi connectivity index (χ1) is 5.76. The molecule has 4 nitrogen and oxygen atoms in total. The van der Waals surface area contributed by atoms with E-state index >= 15 is 0 Å². The van der Waals surface area contributed by atoms with E-state index in [9.17, 15) is 4.79 Å². The molecule has 0 aromatic rings. The Bertz CT molecular complexity index is 200. The van der Waals surface area contributed by atoms with Crippen molar-refractivity contribution < 1.29 is 14.6 Å².